The molecule has 0 aromatic carbocycles. The van der Waals surface area contributed by atoms with Crippen molar-refractivity contribution in [3.8, 4) is 0 Å². The van der Waals surface area contributed by atoms with Gasteiger partial charge in [-0.3, -0.25) is 0 Å². The summed E-state index contributed by atoms with van der Waals surface area (Å²) in [6.45, 7) is 5.88. The lowest BCUT2D eigenvalue weighted by Gasteiger charge is -2.05. The molecule has 224 valence electrons. The molecule has 0 atom stereocenters. The lowest BCUT2D eigenvalue weighted by molar-refractivity contribution is -0.512. The highest BCUT2D eigenvalue weighted by molar-refractivity contribution is 4.51. The molecule has 0 unspecified atom stereocenters. The van der Waals surface area contributed by atoms with Crippen LogP contribution in [0.5, 0.6) is 0 Å². The van der Waals surface area contributed by atoms with Gasteiger partial charge in [-0.15, -0.1) is 0 Å². The molecule has 3 heteroatoms. The molecule has 3 nitrogen and oxygen atoms in total. The van der Waals surface area contributed by atoms with Crippen LogP contribution in [0.4, 0.5) is 0 Å². The molecule has 0 saturated carbocycles. The molecular weight excluding hydrogens is 456 g/mol. The summed E-state index contributed by atoms with van der Waals surface area (Å²) in [5.74, 6) is 0. The minimum absolute atomic E-state index is 0.650. The van der Waals surface area contributed by atoms with Crippen LogP contribution in [0.1, 0.15) is 206 Å². The van der Waals surface area contributed by atoms with Crippen molar-refractivity contribution in [2.45, 2.75) is 206 Å². The van der Waals surface area contributed by atoms with Gasteiger partial charge in [0.05, 0.1) is 13.2 Å². The molecule has 0 bridgehead atoms. The van der Waals surface area contributed by atoms with Gasteiger partial charge in [-0.25, -0.2) is 9.78 Å². The monoisotopic (exact) mass is 527 g/mol. The number of hydrogen-bond donors (Lipinski definition) is 0. The first-order valence-electron chi connectivity index (χ1n) is 17.3. The van der Waals surface area contributed by atoms with Crippen molar-refractivity contribution < 1.29 is 14.8 Å². The molecule has 0 N–H and O–H groups in total. The molecule has 0 spiro atoms. The van der Waals surface area contributed by atoms with Crippen molar-refractivity contribution in [2.24, 2.45) is 0 Å². The Balaban J connectivity index is 3.00. The third-order valence-electron chi connectivity index (χ3n) is 7.76. The molecule has 0 aliphatic heterocycles. The lowest BCUT2D eigenvalue weighted by Crippen LogP contribution is -2.00. The summed E-state index contributed by atoms with van der Waals surface area (Å²) < 4.78 is 0. The van der Waals surface area contributed by atoms with E-state index in [2.05, 4.69) is 13.8 Å². The quantitative estimate of drug-likeness (QED) is 0.0474. The van der Waals surface area contributed by atoms with Crippen molar-refractivity contribution in [3.05, 3.63) is 0 Å². The zero-order chi connectivity index (χ0) is 26.7. The van der Waals surface area contributed by atoms with Gasteiger partial charge in [-0.2, -0.15) is 0 Å². The van der Waals surface area contributed by atoms with Gasteiger partial charge in [0.2, 0.25) is 0 Å². The fourth-order valence-corrected chi connectivity index (χ4v) is 5.17. The van der Waals surface area contributed by atoms with Crippen LogP contribution in [0, 0.1) is 0 Å². The molecule has 0 amide bonds. The van der Waals surface area contributed by atoms with Crippen molar-refractivity contribution in [2.75, 3.05) is 13.2 Å². The van der Waals surface area contributed by atoms with Gasteiger partial charge in [0.15, 0.2) is 0 Å². The van der Waals surface area contributed by atoms with E-state index in [4.69, 9.17) is 14.8 Å². The third-order valence-corrected chi connectivity index (χ3v) is 7.76. The average Bonchev–Trinajstić information content (AvgIpc) is 2.91. The van der Waals surface area contributed by atoms with Crippen molar-refractivity contribution in [3.63, 3.8) is 0 Å². The standard InChI is InChI=1S/C34H70O3/c1-3-5-7-9-11-13-15-17-19-21-23-25-27-29-31-33-35-37-36-34-32-30-28-26-24-22-20-18-16-14-12-10-8-6-4-2/h3-34H2,1-2H3. The second-order valence-electron chi connectivity index (χ2n) is 11.6. The first-order chi connectivity index (χ1) is 18.4. The van der Waals surface area contributed by atoms with Crippen LogP contribution < -0.4 is 0 Å². The van der Waals surface area contributed by atoms with Crippen LogP contribution in [-0.4, -0.2) is 13.2 Å². The Morgan fingerprint density at radius 2 is 0.432 bits per heavy atom. The van der Waals surface area contributed by atoms with Crippen LogP contribution >= 0.6 is 0 Å². The van der Waals surface area contributed by atoms with E-state index in [0.717, 1.165) is 12.8 Å². The van der Waals surface area contributed by atoms with Crippen LogP contribution in [0.3, 0.4) is 0 Å². The topological polar surface area (TPSA) is 27.7 Å². The fourth-order valence-electron chi connectivity index (χ4n) is 5.17. The average molecular weight is 527 g/mol. The zero-order valence-corrected chi connectivity index (χ0v) is 25.9. The van der Waals surface area contributed by atoms with Crippen LogP contribution in [0.2, 0.25) is 0 Å². The van der Waals surface area contributed by atoms with Gasteiger partial charge >= 0.3 is 0 Å². The second kappa shape index (κ2) is 35.9. The summed E-state index contributed by atoms with van der Waals surface area (Å²) in [6.07, 6.45) is 41.4. The maximum absolute atomic E-state index is 5.15. The van der Waals surface area contributed by atoms with E-state index in [1.807, 2.05) is 0 Å². The van der Waals surface area contributed by atoms with Crippen molar-refractivity contribution in [1.82, 2.24) is 0 Å². The Morgan fingerprint density at radius 1 is 0.243 bits per heavy atom. The molecule has 37 heavy (non-hydrogen) atoms. The number of hydrogen-bond acceptors (Lipinski definition) is 3. The Kier molecular flexibility index (Phi) is 35.8. The van der Waals surface area contributed by atoms with Crippen LogP contribution in [0.25, 0.3) is 0 Å². The maximum Gasteiger partial charge on any atom is 0.0853 e. The molecule has 0 radical (unpaired) electrons. The normalized spacial score (nSPS) is 11.5. The van der Waals surface area contributed by atoms with E-state index in [-0.39, 0.29) is 0 Å². The van der Waals surface area contributed by atoms with Crippen molar-refractivity contribution >= 4 is 0 Å². The summed E-state index contributed by atoms with van der Waals surface area (Å²) in [5.41, 5.74) is 0. The lowest BCUT2D eigenvalue weighted by atomic mass is 10.0. The molecule has 0 heterocycles. The fraction of sp³-hybridized carbons (Fsp3) is 1.00. The van der Waals surface area contributed by atoms with Crippen LogP contribution in [-0.2, 0) is 14.8 Å². The van der Waals surface area contributed by atoms with Gasteiger partial charge in [-0.05, 0) is 12.8 Å². The summed E-state index contributed by atoms with van der Waals surface area (Å²) in [6, 6.07) is 0. The van der Waals surface area contributed by atoms with Gasteiger partial charge < -0.3 is 0 Å². The van der Waals surface area contributed by atoms with Crippen LogP contribution in [0.15, 0.2) is 0 Å². The predicted molar refractivity (Wildman–Crippen MR) is 163 cm³/mol. The van der Waals surface area contributed by atoms with E-state index >= 15 is 0 Å². The first-order valence-corrected chi connectivity index (χ1v) is 17.3. The zero-order valence-electron chi connectivity index (χ0n) is 25.9. The van der Waals surface area contributed by atoms with Gasteiger partial charge in [-0.1, -0.05) is 199 Å². The summed E-state index contributed by atoms with van der Waals surface area (Å²) in [5, 5.41) is 4.87. The Hall–Kier alpha value is -0.120. The van der Waals surface area contributed by atoms with Crippen molar-refractivity contribution in [1.29, 1.82) is 0 Å². The largest absolute Gasteiger partial charge is 0.206 e. The van der Waals surface area contributed by atoms with E-state index in [0.29, 0.717) is 13.2 Å². The Labute approximate surface area is 234 Å². The molecular formula is C34H70O3. The highest BCUT2D eigenvalue weighted by Crippen LogP contribution is 2.15. The number of unbranched alkanes of at least 4 members (excludes halogenated alkanes) is 28. The van der Waals surface area contributed by atoms with Gasteiger partial charge in [0.1, 0.15) is 0 Å². The third kappa shape index (κ3) is 35.9. The highest BCUT2D eigenvalue weighted by Gasteiger charge is 1.97. The summed E-state index contributed by atoms with van der Waals surface area (Å²) >= 11 is 0. The molecule has 0 aliphatic carbocycles. The summed E-state index contributed by atoms with van der Waals surface area (Å²) in [4.78, 5) is 10.3. The maximum atomic E-state index is 5.15. The molecule has 0 aromatic heterocycles. The van der Waals surface area contributed by atoms with E-state index in [1.54, 1.807) is 0 Å². The number of rotatable bonds is 34. The summed E-state index contributed by atoms with van der Waals surface area (Å²) in [7, 11) is 0. The van der Waals surface area contributed by atoms with Gasteiger partial charge in [0.25, 0.3) is 0 Å². The molecule has 0 aliphatic rings. The van der Waals surface area contributed by atoms with Gasteiger partial charge in [0, 0.05) is 0 Å². The Bertz CT molecular complexity index is 340. The first kappa shape index (κ1) is 36.9. The molecule has 0 aromatic rings. The minimum Gasteiger partial charge on any atom is -0.206 e. The Morgan fingerprint density at radius 3 is 0.649 bits per heavy atom. The minimum atomic E-state index is 0.650. The van der Waals surface area contributed by atoms with E-state index in [1.165, 1.54) is 180 Å². The van der Waals surface area contributed by atoms with E-state index in [9.17, 15) is 0 Å². The SMILES string of the molecule is CCCCCCCCCCCCCCCCCOOOCCCCCCCCCCCCCCCCC. The second-order valence-corrected chi connectivity index (χ2v) is 11.6. The highest BCUT2D eigenvalue weighted by atomic mass is 17.5. The molecule has 0 fully saturated rings. The van der Waals surface area contributed by atoms with E-state index < -0.39 is 0 Å². The smallest absolute Gasteiger partial charge is 0.0853 e. The molecule has 0 rings (SSSR count). The molecule has 0 saturated heterocycles. The predicted octanol–water partition coefficient (Wildman–Crippen LogP) is 12.6.